The van der Waals surface area contributed by atoms with Gasteiger partial charge in [0.25, 0.3) is 0 Å². The van der Waals surface area contributed by atoms with Gasteiger partial charge in [0.2, 0.25) is 0 Å². The molecule has 140 valence electrons. The zero-order valence-corrected chi connectivity index (χ0v) is 16.7. The minimum Gasteiger partial charge on any atom is -0.507 e. The predicted molar refractivity (Wildman–Crippen MR) is 115 cm³/mol. The quantitative estimate of drug-likeness (QED) is 0.440. The number of aryl methyl sites for hydroxylation is 2. The first-order chi connectivity index (χ1) is 13.0. The van der Waals surface area contributed by atoms with Crippen LogP contribution in [0.1, 0.15) is 30.9 Å². The van der Waals surface area contributed by atoms with Gasteiger partial charge in [-0.1, -0.05) is 19.4 Å². The monoisotopic (exact) mass is 380 g/mol. The molecule has 0 aliphatic heterocycles. The molecule has 5 nitrogen and oxygen atoms in total. The van der Waals surface area contributed by atoms with Crippen LogP contribution in [0.25, 0.3) is 22.2 Å². The molecule has 0 radical (unpaired) electrons. The van der Waals surface area contributed by atoms with Gasteiger partial charge in [-0.05, 0) is 79.0 Å². The third-order valence-electron chi connectivity index (χ3n) is 4.42. The Morgan fingerprint density at radius 3 is 2.52 bits per heavy atom. The van der Waals surface area contributed by atoms with Crippen molar-refractivity contribution < 1.29 is 5.11 Å². The van der Waals surface area contributed by atoms with Crippen molar-refractivity contribution in [3.05, 3.63) is 47.7 Å². The number of unbranched alkanes of at least 4 members (excludes halogenated alkanes) is 1. The lowest BCUT2D eigenvalue weighted by Gasteiger charge is -2.11. The maximum atomic E-state index is 10.00. The number of hydrogen-bond donors (Lipinski definition) is 3. The van der Waals surface area contributed by atoms with Gasteiger partial charge < -0.3 is 15.7 Å². The first-order valence-corrected chi connectivity index (χ1v) is 9.51. The van der Waals surface area contributed by atoms with Crippen molar-refractivity contribution in [1.82, 2.24) is 15.3 Å². The average molecular weight is 381 g/mol. The van der Waals surface area contributed by atoms with E-state index in [2.05, 4.69) is 27.5 Å². The Morgan fingerprint density at radius 1 is 1.07 bits per heavy atom. The largest absolute Gasteiger partial charge is 0.507 e. The van der Waals surface area contributed by atoms with Crippen LogP contribution in [0.3, 0.4) is 0 Å². The van der Waals surface area contributed by atoms with Crippen LogP contribution < -0.4 is 10.6 Å². The van der Waals surface area contributed by atoms with E-state index in [0.29, 0.717) is 16.7 Å². The molecule has 0 aliphatic rings. The summed E-state index contributed by atoms with van der Waals surface area (Å²) < 4.78 is 0. The summed E-state index contributed by atoms with van der Waals surface area (Å²) in [5.74, 6) is 0.960. The third kappa shape index (κ3) is 4.52. The molecule has 3 aromatic rings. The summed E-state index contributed by atoms with van der Waals surface area (Å²) >= 11 is 5.30. The maximum Gasteiger partial charge on any atom is 0.171 e. The number of aromatic hydroxyl groups is 1. The van der Waals surface area contributed by atoms with Crippen LogP contribution in [-0.2, 0) is 0 Å². The topological polar surface area (TPSA) is 70.1 Å². The van der Waals surface area contributed by atoms with Crippen LogP contribution in [0.4, 0.5) is 5.82 Å². The van der Waals surface area contributed by atoms with Gasteiger partial charge in [-0.3, -0.25) is 4.98 Å². The number of rotatable bonds is 5. The maximum absolute atomic E-state index is 10.00. The summed E-state index contributed by atoms with van der Waals surface area (Å²) in [4.78, 5) is 9.10. The van der Waals surface area contributed by atoms with Crippen molar-refractivity contribution in [3.8, 4) is 16.9 Å². The molecule has 0 atom stereocenters. The van der Waals surface area contributed by atoms with Crippen LogP contribution >= 0.6 is 12.2 Å². The van der Waals surface area contributed by atoms with Crippen molar-refractivity contribution in [2.45, 2.75) is 33.6 Å². The number of nitrogens with one attached hydrogen (secondary N) is 2. The fraction of sp³-hybridized carbons (Fsp3) is 0.286. The molecule has 1 heterocycles. The lowest BCUT2D eigenvalue weighted by molar-refractivity contribution is 0.467. The lowest BCUT2D eigenvalue weighted by atomic mass is 9.99. The SMILES string of the molecule is CCCCNC(=S)Nc1cnc2ccc(-c3cc(C)c(O)c(C)c3)cc2n1. The molecule has 0 fully saturated rings. The molecule has 1 aromatic heterocycles. The number of thiocarbonyl (C=S) groups is 1. The highest BCUT2D eigenvalue weighted by Crippen LogP contribution is 2.30. The third-order valence-corrected chi connectivity index (χ3v) is 4.67. The van der Waals surface area contributed by atoms with Gasteiger partial charge in [0.05, 0.1) is 17.2 Å². The zero-order valence-electron chi connectivity index (χ0n) is 15.8. The highest BCUT2D eigenvalue weighted by Gasteiger charge is 2.08. The van der Waals surface area contributed by atoms with Crippen molar-refractivity contribution in [1.29, 1.82) is 0 Å². The Labute approximate surface area is 164 Å². The minimum atomic E-state index is 0.343. The highest BCUT2D eigenvalue weighted by atomic mass is 32.1. The van der Waals surface area contributed by atoms with Crippen LogP contribution in [-0.4, -0.2) is 26.7 Å². The molecule has 27 heavy (non-hydrogen) atoms. The second-order valence-corrected chi connectivity index (χ2v) is 7.06. The van der Waals surface area contributed by atoms with Gasteiger partial charge in [0, 0.05) is 6.54 Å². The Kier molecular flexibility index (Phi) is 5.86. The molecule has 3 N–H and O–H groups in total. The highest BCUT2D eigenvalue weighted by molar-refractivity contribution is 7.80. The number of benzene rings is 2. The Balaban J connectivity index is 1.87. The van der Waals surface area contributed by atoms with E-state index in [1.165, 1.54) is 0 Å². The van der Waals surface area contributed by atoms with E-state index in [9.17, 15) is 5.11 Å². The fourth-order valence-electron chi connectivity index (χ4n) is 2.91. The minimum absolute atomic E-state index is 0.343. The Morgan fingerprint density at radius 2 is 1.81 bits per heavy atom. The lowest BCUT2D eigenvalue weighted by Crippen LogP contribution is -2.29. The number of phenols is 1. The van der Waals surface area contributed by atoms with Crippen molar-refractivity contribution in [2.75, 3.05) is 11.9 Å². The summed E-state index contributed by atoms with van der Waals surface area (Å²) in [6.45, 7) is 6.79. The van der Waals surface area contributed by atoms with Crippen LogP contribution in [0.2, 0.25) is 0 Å². The van der Waals surface area contributed by atoms with E-state index in [-0.39, 0.29) is 0 Å². The van der Waals surface area contributed by atoms with Crippen molar-refractivity contribution in [3.63, 3.8) is 0 Å². The molecule has 0 saturated carbocycles. The summed E-state index contributed by atoms with van der Waals surface area (Å²) in [6.07, 6.45) is 3.87. The second-order valence-electron chi connectivity index (χ2n) is 6.65. The normalized spacial score (nSPS) is 10.8. The summed E-state index contributed by atoms with van der Waals surface area (Å²) in [6, 6.07) is 9.94. The average Bonchev–Trinajstić information content (AvgIpc) is 2.65. The van der Waals surface area contributed by atoms with E-state index in [1.807, 2.05) is 44.2 Å². The standard InChI is InChI=1S/C21H24N4OS/c1-4-5-8-22-21(27)25-19-12-23-17-7-6-15(11-18(17)24-19)16-9-13(2)20(26)14(3)10-16/h6-7,9-12,26H,4-5,8H2,1-3H3,(H2,22,24,25,27). The van der Waals surface area contributed by atoms with Gasteiger partial charge in [-0.2, -0.15) is 0 Å². The van der Waals surface area contributed by atoms with Gasteiger partial charge in [0.1, 0.15) is 5.75 Å². The molecule has 6 heteroatoms. The van der Waals surface area contributed by atoms with E-state index < -0.39 is 0 Å². The number of nitrogens with zero attached hydrogens (tertiary/aromatic N) is 2. The van der Waals surface area contributed by atoms with Crippen molar-refractivity contribution >= 4 is 34.2 Å². The fourth-order valence-corrected chi connectivity index (χ4v) is 3.12. The molecule has 2 aromatic carbocycles. The van der Waals surface area contributed by atoms with Gasteiger partial charge >= 0.3 is 0 Å². The molecule has 0 unspecified atom stereocenters. The summed E-state index contributed by atoms with van der Waals surface area (Å²) in [5, 5.41) is 16.8. The molecular formula is C21H24N4OS. The molecule has 0 amide bonds. The summed E-state index contributed by atoms with van der Waals surface area (Å²) in [7, 11) is 0. The second kappa shape index (κ2) is 8.31. The Hall–Kier alpha value is -2.73. The van der Waals surface area contributed by atoms with Gasteiger partial charge in [0.15, 0.2) is 10.9 Å². The Bertz CT molecular complexity index is 964. The van der Waals surface area contributed by atoms with Crippen LogP contribution in [0.15, 0.2) is 36.5 Å². The summed E-state index contributed by atoms with van der Waals surface area (Å²) in [5.41, 5.74) is 5.40. The van der Waals surface area contributed by atoms with Gasteiger partial charge in [-0.15, -0.1) is 0 Å². The number of phenolic OH excluding ortho intramolecular Hbond substituents is 1. The number of aromatic nitrogens is 2. The van der Waals surface area contributed by atoms with Crippen molar-refractivity contribution in [2.24, 2.45) is 0 Å². The van der Waals surface area contributed by atoms with E-state index >= 15 is 0 Å². The predicted octanol–water partition coefficient (Wildman–Crippen LogP) is 4.71. The number of hydrogen-bond acceptors (Lipinski definition) is 4. The smallest absolute Gasteiger partial charge is 0.171 e. The first kappa shape index (κ1) is 19.0. The number of anilines is 1. The molecule has 3 rings (SSSR count). The van der Waals surface area contributed by atoms with Crippen LogP contribution in [0, 0.1) is 13.8 Å². The van der Waals surface area contributed by atoms with E-state index in [0.717, 1.165) is 52.7 Å². The molecule has 0 bridgehead atoms. The molecular weight excluding hydrogens is 356 g/mol. The van der Waals surface area contributed by atoms with Crippen LogP contribution in [0.5, 0.6) is 5.75 Å². The van der Waals surface area contributed by atoms with E-state index in [4.69, 9.17) is 12.2 Å². The van der Waals surface area contributed by atoms with Gasteiger partial charge in [-0.25, -0.2) is 4.98 Å². The molecule has 0 aliphatic carbocycles. The number of fused-ring (bicyclic) bond motifs is 1. The first-order valence-electron chi connectivity index (χ1n) is 9.10. The molecule has 0 saturated heterocycles. The molecule has 0 spiro atoms. The zero-order chi connectivity index (χ0) is 19.4. The van der Waals surface area contributed by atoms with E-state index in [1.54, 1.807) is 6.20 Å².